The fourth-order valence-electron chi connectivity index (χ4n) is 2.74. The number of Topliss-reactive ketones (excluding diaryl/α,β-unsaturated/α-hetero) is 1. The van der Waals surface area contributed by atoms with Crippen molar-refractivity contribution in [1.29, 1.82) is 0 Å². The van der Waals surface area contributed by atoms with Gasteiger partial charge < -0.3 is 4.57 Å². The van der Waals surface area contributed by atoms with Crippen LogP contribution in [0.25, 0.3) is 5.82 Å². The van der Waals surface area contributed by atoms with Gasteiger partial charge in [-0.15, -0.1) is 0 Å². The van der Waals surface area contributed by atoms with Gasteiger partial charge in [-0.2, -0.15) is 0 Å². The van der Waals surface area contributed by atoms with E-state index in [0.717, 1.165) is 41.2 Å². The summed E-state index contributed by atoms with van der Waals surface area (Å²) in [4.78, 5) is 16.4. The molecule has 92 valence electrons. The van der Waals surface area contributed by atoms with Crippen molar-refractivity contribution in [3.8, 4) is 5.82 Å². The first-order chi connectivity index (χ1) is 8.68. The van der Waals surface area contributed by atoms with Gasteiger partial charge in [0.1, 0.15) is 5.82 Å². The fraction of sp³-hybridized carbons (Fsp3) is 0.333. The molecule has 0 bridgehead atoms. The van der Waals surface area contributed by atoms with E-state index in [4.69, 9.17) is 0 Å². The first kappa shape index (κ1) is 11.2. The maximum atomic E-state index is 11.9. The number of rotatable bonds is 1. The highest BCUT2D eigenvalue weighted by Gasteiger charge is 2.23. The molecule has 0 saturated carbocycles. The summed E-state index contributed by atoms with van der Waals surface area (Å²) in [7, 11) is 0. The van der Waals surface area contributed by atoms with Crippen LogP contribution in [0, 0.1) is 13.8 Å². The zero-order chi connectivity index (χ0) is 12.7. The Morgan fingerprint density at radius 3 is 2.89 bits per heavy atom. The van der Waals surface area contributed by atoms with Gasteiger partial charge in [-0.25, -0.2) is 4.98 Å². The number of fused-ring (bicyclic) bond motifs is 1. The molecular weight excluding hydrogens is 224 g/mol. The summed E-state index contributed by atoms with van der Waals surface area (Å²) in [6.45, 7) is 4.10. The summed E-state index contributed by atoms with van der Waals surface area (Å²) in [5.74, 6) is 1.22. The summed E-state index contributed by atoms with van der Waals surface area (Å²) in [5.41, 5.74) is 4.25. The van der Waals surface area contributed by atoms with E-state index >= 15 is 0 Å². The van der Waals surface area contributed by atoms with Crippen molar-refractivity contribution >= 4 is 5.78 Å². The summed E-state index contributed by atoms with van der Waals surface area (Å²) in [6, 6.07) is 6.00. The van der Waals surface area contributed by atoms with E-state index in [1.807, 2.05) is 19.1 Å². The monoisotopic (exact) mass is 240 g/mol. The lowest BCUT2D eigenvalue weighted by Crippen LogP contribution is -2.13. The molecule has 2 aromatic heterocycles. The number of carbonyl (C=O) groups is 1. The normalized spacial score (nSPS) is 14.7. The number of ketones is 1. The molecule has 2 aromatic rings. The average Bonchev–Trinajstić information content (AvgIpc) is 2.68. The van der Waals surface area contributed by atoms with Crippen molar-refractivity contribution in [3.05, 3.63) is 46.9 Å². The summed E-state index contributed by atoms with van der Waals surface area (Å²) in [5, 5.41) is 0. The number of nitrogens with zero attached hydrogens (tertiary/aromatic N) is 2. The maximum Gasteiger partial charge on any atom is 0.164 e. The molecule has 3 nitrogen and oxygen atoms in total. The van der Waals surface area contributed by atoms with Gasteiger partial charge >= 0.3 is 0 Å². The van der Waals surface area contributed by atoms with Gasteiger partial charge in [-0.1, -0.05) is 6.07 Å². The first-order valence-corrected chi connectivity index (χ1v) is 6.35. The molecule has 0 aliphatic heterocycles. The summed E-state index contributed by atoms with van der Waals surface area (Å²) in [6.07, 6.45) is 4.39. The molecule has 0 aromatic carbocycles. The minimum Gasteiger partial charge on any atom is -0.302 e. The van der Waals surface area contributed by atoms with Crippen LogP contribution < -0.4 is 0 Å². The molecule has 0 fully saturated rings. The van der Waals surface area contributed by atoms with Gasteiger partial charge in [-0.05, 0) is 44.4 Å². The Kier molecular flexibility index (Phi) is 2.54. The van der Waals surface area contributed by atoms with E-state index in [9.17, 15) is 4.79 Å². The molecule has 1 aliphatic carbocycles. The highest BCUT2D eigenvalue weighted by Crippen LogP contribution is 2.28. The molecular formula is C15H16N2O. The Morgan fingerprint density at radius 2 is 2.11 bits per heavy atom. The highest BCUT2D eigenvalue weighted by molar-refractivity contribution is 5.98. The number of aryl methyl sites for hydroxylation is 2. The van der Waals surface area contributed by atoms with Crippen LogP contribution in [0.2, 0.25) is 0 Å². The largest absolute Gasteiger partial charge is 0.302 e. The van der Waals surface area contributed by atoms with E-state index in [2.05, 4.69) is 22.5 Å². The van der Waals surface area contributed by atoms with Gasteiger partial charge in [0.05, 0.1) is 0 Å². The lowest BCUT2D eigenvalue weighted by atomic mass is 9.96. The molecule has 3 heteroatoms. The minimum absolute atomic E-state index is 0.270. The smallest absolute Gasteiger partial charge is 0.164 e. The second kappa shape index (κ2) is 4.09. The second-order valence-electron chi connectivity index (χ2n) is 4.90. The minimum atomic E-state index is 0.270. The molecule has 0 amide bonds. The standard InChI is InChI=1S/C15H16N2O/c1-10-5-4-8-16-15(10)17-11(2)9-12-13(17)6-3-7-14(12)18/h4-5,8-9H,3,6-7H2,1-2H3. The van der Waals surface area contributed by atoms with Crippen LogP contribution in [-0.4, -0.2) is 15.3 Å². The van der Waals surface area contributed by atoms with Crippen molar-refractivity contribution in [2.24, 2.45) is 0 Å². The molecule has 0 spiro atoms. The number of hydrogen-bond donors (Lipinski definition) is 0. The molecule has 0 saturated heterocycles. The average molecular weight is 240 g/mol. The van der Waals surface area contributed by atoms with E-state index in [1.54, 1.807) is 6.20 Å². The molecule has 0 atom stereocenters. The van der Waals surface area contributed by atoms with Crippen LogP contribution in [0.15, 0.2) is 24.4 Å². The summed E-state index contributed by atoms with van der Waals surface area (Å²) < 4.78 is 2.14. The van der Waals surface area contributed by atoms with Crippen LogP contribution in [-0.2, 0) is 6.42 Å². The van der Waals surface area contributed by atoms with Crippen LogP contribution >= 0.6 is 0 Å². The van der Waals surface area contributed by atoms with E-state index in [-0.39, 0.29) is 5.78 Å². The zero-order valence-electron chi connectivity index (χ0n) is 10.7. The van der Waals surface area contributed by atoms with Crippen molar-refractivity contribution in [1.82, 2.24) is 9.55 Å². The van der Waals surface area contributed by atoms with E-state index in [0.29, 0.717) is 6.42 Å². The number of pyridine rings is 1. The topological polar surface area (TPSA) is 34.9 Å². The third-order valence-corrected chi connectivity index (χ3v) is 3.60. The molecule has 1 aliphatic rings. The Balaban J connectivity index is 2.25. The third-order valence-electron chi connectivity index (χ3n) is 3.60. The first-order valence-electron chi connectivity index (χ1n) is 6.35. The predicted molar refractivity (Wildman–Crippen MR) is 70.3 cm³/mol. The lowest BCUT2D eigenvalue weighted by molar-refractivity contribution is 0.0972. The van der Waals surface area contributed by atoms with Gasteiger partial charge in [-0.3, -0.25) is 4.79 Å². The van der Waals surface area contributed by atoms with E-state index < -0.39 is 0 Å². The van der Waals surface area contributed by atoms with Crippen molar-refractivity contribution in [3.63, 3.8) is 0 Å². The quantitative estimate of drug-likeness (QED) is 0.768. The SMILES string of the molecule is Cc1cccnc1-n1c(C)cc2c1CCCC2=O. The van der Waals surface area contributed by atoms with Crippen molar-refractivity contribution < 1.29 is 4.79 Å². The second-order valence-corrected chi connectivity index (χ2v) is 4.90. The Bertz CT molecular complexity index is 625. The molecule has 0 N–H and O–H groups in total. The predicted octanol–water partition coefficient (Wildman–Crippen LogP) is 3.01. The molecule has 0 radical (unpaired) electrons. The molecule has 0 unspecified atom stereocenters. The third kappa shape index (κ3) is 1.58. The Labute approximate surface area is 106 Å². The van der Waals surface area contributed by atoms with Gasteiger partial charge in [0, 0.05) is 29.6 Å². The Hall–Kier alpha value is -1.90. The Morgan fingerprint density at radius 1 is 1.28 bits per heavy atom. The number of aromatic nitrogens is 2. The lowest BCUT2D eigenvalue weighted by Gasteiger charge is -2.16. The number of hydrogen-bond acceptors (Lipinski definition) is 2. The molecule has 2 heterocycles. The van der Waals surface area contributed by atoms with E-state index in [1.165, 1.54) is 0 Å². The van der Waals surface area contributed by atoms with Gasteiger partial charge in [0.25, 0.3) is 0 Å². The maximum absolute atomic E-state index is 11.9. The van der Waals surface area contributed by atoms with Crippen LogP contribution in [0.3, 0.4) is 0 Å². The van der Waals surface area contributed by atoms with Crippen LogP contribution in [0.4, 0.5) is 0 Å². The highest BCUT2D eigenvalue weighted by atomic mass is 16.1. The van der Waals surface area contributed by atoms with Crippen LogP contribution in [0.5, 0.6) is 0 Å². The van der Waals surface area contributed by atoms with Crippen molar-refractivity contribution in [2.75, 3.05) is 0 Å². The summed E-state index contributed by atoms with van der Waals surface area (Å²) >= 11 is 0. The van der Waals surface area contributed by atoms with Crippen LogP contribution in [0.1, 0.15) is 40.2 Å². The molecule has 3 rings (SSSR count). The van der Waals surface area contributed by atoms with Gasteiger partial charge in [0.2, 0.25) is 0 Å². The fourth-order valence-corrected chi connectivity index (χ4v) is 2.74. The zero-order valence-corrected chi connectivity index (χ0v) is 10.7. The molecule has 18 heavy (non-hydrogen) atoms. The number of carbonyl (C=O) groups excluding carboxylic acids is 1. The van der Waals surface area contributed by atoms with Crippen molar-refractivity contribution in [2.45, 2.75) is 33.1 Å². The van der Waals surface area contributed by atoms with Gasteiger partial charge in [0.15, 0.2) is 5.78 Å².